The van der Waals surface area contributed by atoms with Crippen LogP contribution in [0.25, 0.3) is 0 Å². The maximum Gasteiger partial charge on any atom is 0.246 e. The second-order valence-electron chi connectivity index (χ2n) is 9.72. The molecule has 1 N–H and O–H groups in total. The SMILES string of the molecule is CCCCN1C(=O)C(CC(C)C)NC(=O)C12CCN(Cc1ccc(S(C)(=O)=O)cc1)CC2. The molecule has 8 heteroatoms. The highest BCUT2D eigenvalue weighted by atomic mass is 32.2. The summed E-state index contributed by atoms with van der Waals surface area (Å²) in [6.45, 7) is 9.00. The van der Waals surface area contributed by atoms with Crippen LogP contribution in [-0.4, -0.2) is 67.5 Å². The molecule has 0 bridgehead atoms. The number of amides is 2. The van der Waals surface area contributed by atoms with Crippen LogP contribution >= 0.6 is 0 Å². The number of nitrogens with one attached hydrogen (secondary N) is 1. The molecule has 1 atom stereocenters. The molecule has 2 amide bonds. The van der Waals surface area contributed by atoms with Crippen molar-refractivity contribution in [2.24, 2.45) is 5.92 Å². The van der Waals surface area contributed by atoms with Crippen molar-refractivity contribution < 1.29 is 18.0 Å². The summed E-state index contributed by atoms with van der Waals surface area (Å²) in [5.74, 6) is 0.398. The van der Waals surface area contributed by atoms with E-state index in [-0.39, 0.29) is 11.8 Å². The number of hydrogen-bond donors (Lipinski definition) is 1. The lowest BCUT2D eigenvalue weighted by atomic mass is 9.80. The van der Waals surface area contributed by atoms with E-state index >= 15 is 0 Å². The zero-order valence-electron chi connectivity index (χ0n) is 19.8. The zero-order valence-corrected chi connectivity index (χ0v) is 20.6. The van der Waals surface area contributed by atoms with Gasteiger partial charge in [0.1, 0.15) is 11.6 Å². The van der Waals surface area contributed by atoms with E-state index in [0.29, 0.717) is 56.3 Å². The van der Waals surface area contributed by atoms with E-state index < -0.39 is 21.4 Å². The Morgan fingerprint density at radius 1 is 1.12 bits per heavy atom. The molecule has 0 radical (unpaired) electrons. The van der Waals surface area contributed by atoms with Crippen molar-refractivity contribution in [1.29, 1.82) is 0 Å². The second kappa shape index (κ2) is 9.91. The van der Waals surface area contributed by atoms with Crippen LogP contribution in [0.5, 0.6) is 0 Å². The highest BCUT2D eigenvalue weighted by Crippen LogP contribution is 2.34. The van der Waals surface area contributed by atoms with Gasteiger partial charge in [0.15, 0.2) is 9.84 Å². The molecule has 1 spiro atoms. The summed E-state index contributed by atoms with van der Waals surface area (Å²) < 4.78 is 23.3. The molecule has 1 unspecified atom stereocenters. The van der Waals surface area contributed by atoms with Gasteiger partial charge in [-0.15, -0.1) is 0 Å². The average Bonchev–Trinajstić information content (AvgIpc) is 2.73. The smallest absolute Gasteiger partial charge is 0.246 e. The number of benzene rings is 1. The van der Waals surface area contributed by atoms with Crippen LogP contribution in [0, 0.1) is 5.92 Å². The maximum absolute atomic E-state index is 13.3. The molecular weight excluding hydrogens is 426 g/mol. The van der Waals surface area contributed by atoms with Crippen molar-refractivity contribution in [2.45, 2.75) is 75.9 Å². The fourth-order valence-electron chi connectivity index (χ4n) is 4.83. The quantitative estimate of drug-likeness (QED) is 0.640. The number of hydrogen-bond acceptors (Lipinski definition) is 5. The molecular formula is C24H37N3O4S. The first-order valence-electron chi connectivity index (χ1n) is 11.7. The monoisotopic (exact) mass is 463 g/mol. The van der Waals surface area contributed by atoms with E-state index in [4.69, 9.17) is 0 Å². The molecule has 0 aliphatic carbocycles. The highest BCUT2D eigenvalue weighted by molar-refractivity contribution is 7.90. The van der Waals surface area contributed by atoms with E-state index in [1.54, 1.807) is 12.1 Å². The molecule has 1 aromatic carbocycles. The van der Waals surface area contributed by atoms with Crippen LogP contribution in [0.4, 0.5) is 0 Å². The Morgan fingerprint density at radius 2 is 1.75 bits per heavy atom. The van der Waals surface area contributed by atoms with Crippen molar-refractivity contribution in [3.63, 3.8) is 0 Å². The molecule has 178 valence electrons. The van der Waals surface area contributed by atoms with Crippen LogP contribution in [-0.2, 0) is 26.0 Å². The molecule has 32 heavy (non-hydrogen) atoms. The van der Waals surface area contributed by atoms with E-state index in [0.717, 1.165) is 18.4 Å². The molecule has 2 fully saturated rings. The summed E-state index contributed by atoms with van der Waals surface area (Å²) in [5, 5.41) is 3.04. The van der Waals surface area contributed by atoms with Gasteiger partial charge >= 0.3 is 0 Å². The Kier molecular flexibility index (Phi) is 7.65. The molecule has 0 aromatic heterocycles. The minimum atomic E-state index is -3.20. The van der Waals surface area contributed by atoms with E-state index in [9.17, 15) is 18.0 Å². The van der Waals surface area contributed by atoms with Crippen LogP contribution in [0.1, 0.15) is 58.4 Å². The topological polar surface area (TPSA) is 86.8 Å². The van der Waals surface area contributed by atoms with Gasteiger partial charge in [0.05, 0.1) is 4.90 Å². The molecule has 2 saturated heterocycles. The summed E-state index contributed by atoms with van der Waals surface area (Å²) in [5.41, 5.74) is 0.286. The van der Waals surface area contributed by atoms with E-state index in [2.05, 4.69) is 31.0 Å². The first-order chi connectivity index (χ1) is 15.1. The molecule has 1 aromatic rings. The number of carbonyl (C=O) groups excluding carboxylic acids is 2. The minimum absolute atomic E-state index is 0.00370. The Labute approximate surface area is 192 Å². The van der Waals surface area contributed by atoms with Gasteiger partial charge in [0, 0.05) is 32.4 Å². The predicted octanol–water partition coefficient (Wildman–Crippen LogP) is 2.60. The first-order valence-corrected chi connectivity index (χ1v) is 13.6. The lowest BCUT2D eigenvalue weighted by Crippen LogP contribution is -2.73. The molecule has 7 nitrogen and oxygen atoms in total. The third-order valence-corrected chi connectivity index (χ3v) is 7.82. The van der Waals surface area contributed by atoms with Crippen molar-refractivity contribution in [3.05, 3.63) is 29.8 Å². The molecule has 3 rings (SSSR count). The lowest BCUT2D eigenvalue weighted by Gasteiger charge is -2.52. The number of carbonyl (C=O) groups is 2. The van der Waals surface area contributed by atoms with Gasteiger partial charge in [-0.2, -0.15) is 0 Å². The fourth-order valence-corrected chi connectivity index (χ4v) is 5.46. The summed E-state index contributed by atoms with van der Waals surface area (Å²) >= 11 is 0. The van der Waals surface area contributed by atoms with Gasteiger partial charge in [0.25, 0.3) is 0 Å². The van der Waals surface area contributed by atoms with Crippen LogP contribution in [0.15, 0.2) is 29.2 Å². The number of sulfone groups is 1. The number of likely N-dealkylation sites (tertiary alicyclic amines) is 1. The number of nitrogens with zero attached hydrogens (tertiary/aromatic N) is 2. The second-order valence-corrected chi connectivity index (χ2v) is 11.7. The van der Waals surface area contributed by atoms with Gasteiger partial charge in [-0.05, 0) is 49.3 Å². The van der Waals surface area contributed by atoms with Gasteiger partial charge in [-0.25, -0.2) is 8.42 Å². The Bertz CT molecular complexity index is 919. The van der Waals surface area contributed by atoms with E-state index in [1.807, 2.05) is 17.0 Å². The predicted molar refractivity (Wildman–Crippen MR) is 125 cm³/mol. The maximum atomic E-state index is 13.3. The van der Waals surface area contributed by atoms with Crippen molar-refractivity contribution in [1.82, 2.24) is 15.1 Å². The van der Waals surface area contributed by atoms with E-state index in [1.165, 1.54) is 6.26 Å². The summed E-state index contributed by atoms with van der Waals surface area (Å²) in [7, 11) is -3.20. The largest absolute Gasteiger partial charge is 0.342 e. The van der Waals surface area contributed by atoms with Gasteiger partial charge in [-0.3, -0.25) is 14.5 Å². The summed E-state index contributed by atoms with van der Waals surface area (Å²) in [6.07, 6.45) is 4.98. The number of piperazine rings is 1. The lowest BCUT2D eigenvalue weighted by molar-refractivity contribution is -0.161. The first kappa shape index (κ1) is 24.7. The Hall–Kier alpha value is -1.93. The van der Waals surface area contributed by atoms with Crippen molar-refractivity contribution in [3.8, 4) is 0 Å². The molecule has 2 aliphatic rings. The van der Waals surface area contributed by atoms with Gasteiger partial charge < -0.3 is 10.2 Å². The molecule has 2 aliphatic heterocycles. The standard InChI is InChI=1S/C24H37N3O4S/c1-5-6-13-27-22(28)21(16-18(2)3)25-23(29)24(27)11-14-26(15-12-24)17-19-7-9-20(10-8-19)32(4,30)31/h7-10,18,21H,5-6,11-17H2,1-4H3,(H,25,29). The van der Waals surface area contributed by atoms with Crippen LogP contribution < -0.4 is 5.32 Å². The molecule has 0 saturated carbocycles. The Balaban J connectivity index is 1.70. The van der Waals surface area contributed by atoms with Crippen LogP contribution in [0.3, 0.4) is 0 Å². The average molecular weight is 464 g/mol. The third kappa shape index (κ3) is 5.34. The van der Waals surface area contributed by atoms with Gasteiger partial charge in [0.2, 0.25) is 11.8 Å². The minimum Gasteiger partial charge on any atom is -0.342 e. The van der Waals surface area contributed by atoms with Crippen molar-refractivity contribution in [2.75, 3.05) is 25.9 Å². The normalized spacial score (nSPS) is 21.9. The number of unbranched alkanes of at least 4 members (excludes halogenated alkanes) is 1. The Morgan fingerprint density at radius 3 is 2.28 bits per heavy atom. The molecule has 2 heterocycles. The summed E-state index contributed by atoms with van der Waals surface area (Å²) in [4.78, 5) is 31.1. The number of piperidine rings is 1. The van der Waals surface area contributed by atoms with Crippen LogP contribution in [0.2, 0.25) is 0 Å². The number of rotatable bonds is 8. The highest BCUT2D eigenvalue weighted by Gasteiger charge is 2.53. The summed E-state index contributed by atoms with van der Waals surface area (Å²) in [6, 6.07) is 6.56. The fraction of sp³-hybridized carbons (Fsp3) is 0.667. The zero-order chi connectivity index (χ0) is 23.5. The third-order valence-electron chi connectivity index (χ3n) is 6.69. The van der Waals surface area contributed by atoms with Crippen molar-refractivity contribution >= 4 is 21.7 Å². The van der Waals surface area contributed by atoms with Gasteiger partial charge in [-0.1, -0.05) is 39.3 Å².